The van der Waals surface area contributed by atoms with Gasteiger partial charge in [0.1, 0.15) is 5.75 Å². The van der Waals surface area contributed by atoms with E-state index in [1.165, 1.54) is 24.8 Å². The number of fused-ring (bicyclic) bond motifs is 1. The lowest BCUT2D eigenvalue weighted by atomic mass is 9.83. The lowest BCUT2D eigenvalue weighted by Gasteiger charge is -2.45. The topological polar surface area (TPSA) is 51.9 Å². The standard InChI is InChI=1S/C24H30N4O2/c1-18-15-28(17-25-18)21-9-8-19(14-22(21)29-2)13-20-7-6-12-27-16-24(30-26-23(20)27)10-4-3-5-11-24/h8-9,13-15,17H,3-7,10-12,16H2,1-2H3/b20-13+. The number of hydrogen-bond donors (Lipinski definition) is 0. The van der Waals surface area contributed by atoms with Gasteiger partial charge in [0.05, 0.1) is 31.4 Å². The highest BCUT2D eigenvalue weighted by Gasteiger charge is 2.41. The maximum atomic E-state index is 6.14. The van der Waals surface area contributed by atoms with Gasteiger partial charge in [-0.3, -0.25) is 0 Å². The van der Waals surface area contributed by atoms with Crippen LogP contribution in [0.2, 0.25) is 0 Å². The van der Waals surface area contributed by atoms with Gasteiger partial charge in [-0.2, -0.15) is 0 Å². The molecule has 0 atom stereocenters. The van der Waals surface area contributed by atoms with Gasteiger partial charge in [0.25, 0.3) is 0 Å². The van der Waals surface area contributed by atoms with Crippen molar-refractivity contribution in [2.45, 2.75) is 57.5 Å². The SMILES string of the molecule is COc1cc(/C=C2\CCCN3CC4(CCCCC4)ON=C23)ccc1-n1cnc(C)c1. The number of benzene rings is 1. The zero-order valence-electron chi connectivity index (χ0n) is 17.9. The number of rotatable bonds is 3. The van der Waals surface area contributed by atoms with Crippen LogP contribution in [0.15, 0.2) is 41.5 Å². The molecule has 1 aromatic heterocycles. The maximum absolute atomic E-state index is 6.14. The summed E-state index contributed by atoms with van der Waals surface area (Å²) in [5.41, 5.74) is 4.28. The molecule has 1 spiro atoms. The third-order valence-corrected chi connectivity index (χ3v) is 6.56. The van der Waals surface area contributed by atoms with Gasteiger partial charge in [-0.05, 0) is 74.8 Å². The van der Waals surface area contributed by atoms with Crippen molar-refractivity contribution in [1.29, 1.82) is 0 Å². The second kappa shape index (κ2) is 7.82. The summed E-state index contributed by atoms with van der Waals surface area (Å²) in [5.74, 6) is 1.85. The highest BCUT2D eigenvalue weighted by Crippen LogP contribution is 2.37. The lowest BCUT2D eigenvalue weighted by molar-refractivity contribution is -0.0953. The number of aromatic nitrogens is 2. The van der Waals surface area contributed by atoms with Crippen LogP contribution in [-0.2, 0) is 4.84 Å². The van der Waals surface area contributed by atoms with Crippen molar-refractivity contribution in [3.05, 3.63) is 47.6 Å². The fourth-order valence-electron chi connectivity index (χ4n) is 5.00. The van der Waals surface area contributed by atoms with Crippen molar-refractivity contribution in [1.82, 2.24) is 14.5 Å². The molecule has 0 amide bonds. The van der Waals surface area contributed by atoms with Crippen molar-refractivity contribution >= 4 is 11.9 Å². The Labute approximate surface area is 178 Å². The van der Waals surface area contributed by atoms with E-state index in [1.807, 2.05) is 24.0 Å². The third kappa shape index (κ3) is 3.59. The molecule has 0 radical (unpaired) electrons. The molecule has 6 nitrogen and oxygen atoms in total. The normalized spacial score (nSPS) is 21.9. The summed E-state index contributed by atoms with van der Waals surface area (Å²) in [4.78, 5) is 12.9. The molecule has 0 N–H and O–H groups in total. The van der Waals surface area contributed by atoms with Gasteiger partial charge in [0.2, 0.25) is 0 Å². The van der Waals surface area contributed by atoms with Gasteiger partial charge >= 0.3 is 0 Å². The van der Waals surface area contributed by atoms with Crippen LogP contribution in [0.3, 0.4) is 0 Å². The molecular weight excluding hydrogens is 376 g/mol. The zero-order valence-corrected chi connectivity index (χ0v) is 17.9. The quantitative estimate of drug-likeness (QED) is 0.740. The number of piperidine rings is 1. The van der Waals surface area contributed by atoms with E-state index < -0.39 is 0 Å². The summed E-state index contributed by atoms with van der Waals surface area (Å²) in [6, 6.07) is 6.30. The Bertz CT molecular complexity index is 985. The molecular formula is C24H30N4O2. The number of nitrogens with zero attached hydrogens (tertiary/aromatic N) is 4. The Morgan fingerprint density at radius 2 is 2.03 bits per heavy atom. The molecule has 0 unspecified atom stereocenters. The summed E-state index contributed by atoms with van der Waals surface area (Å²) in [7, 11) is 1.71. The summed E-state index contributed by atoms with van der Waals surface area (Å²) in [6.45, 7) is 4.04. The van der Waals surface area contributed by atoms with Crippen molar-refractivity contribution in [3.63, 3.8) is 0 Å². The van der Waals surface area contributed by atoms with Gasteiger partial charge in [0.15, 0.2) is 11.4 Å². The molecule has 6 heteroatoms. The largest absolute Gasteiger partial charge is 0.495 e. The average Bonchev–Trinajstić information content (AvgIpc) is 3.20. The van der Waals surface area contributed by atoms with E-state index in [2.05, 4.69) is 39.3 Å². The highest BCUT2D eigenvalue weighted by atomic mass is 16.7. The minimum atomic E-state index is -0.0575. The zero-order chi connectivity index (χ0) is 20.6. The number of oxime groups is 1. The molecule has 2 aromatic rings. The Kier molecular flexibility index (Phi) is 5.01. The molecule has 0 bridgehead atoms. The Balaban J connectivity index is 1.43. The maximum Gasteiger partial charge on any atom is 0.171 e. The van der Waals surface area contributed by atoms with E-state index in [-0.39, 0.29) is 5.60 Å². The van der Waals surface area contributed by atoms with E-state index in [0.717, 1.165) is 67.3 Å². The molecule has 2 aliphatic heterocycles. The molecule has 3 heterocycles. The van der Waals surface area contributed by atoms with Gasteiger partial charge in [-0.1, -0.05) is 17.6 Å². The summed E-state index contributed by atoms with van der Waals surface area (Å²) in [6.07, 6.45) is 14.3. The van der Waals surface area contributed by atoms with Crippen molar-refractivity contribution in [2.24, 2.45) is 5.16 Å². The molecule has 1 aromatic carbocycles. The first-order chi connectivity index (χ1) is 14.7. The van der Waals surface area contributed by atoms with Crippen LogP contribution in [0.5, 0.6) is 5.75 Å². The highest BCUT2D eigenvalue weighted by molar-refractivity contribution is 6.02. The van der Waals surface area contributed by atoms with Crippen LogP contribution in [0.25, 0.3) is 11.8 Å². The van der Waals surface area contributed by atoms with Gasteiger partial charge in [0, 0.05) is 12.7 Å². The van der Waals surface area contributed by atoms with Crippen LogP contribution < -0.4 is 4.74 Å². The average molecular weight is 407 g/mol. The van der Waals surface area contributed by atoms with Gasteiger partial charge in [-0.15, -0.1) is 0 Å². The van der Waals surface area contributed by atoms with E-state index in [1.54, 1.807) is 7.11 Å². The first-order valence-electron chi connectivity index (χ1n) is 11.1. The molecule has 2 fully saturated rings. The van der Waals surface area contributed by atoms with Crippen LogP contribution in [0, 0.1) is 6.92 Å². The van der Waals surface area contributed by atoms with E-state index in [0.29, 0.717) is 0 Å². The second-order valence-corrected chi connectivity index (χ2v) is 8.80. The molecule has 1 aliphatic carbocycles. The number of aryl methyl sites for hydroxylation is 1. The monoisotopic (exact) mass is 406 g/mol. The number of methoxy groups -OCH3 is 1. The Morgan fingerprint density at radius 1 is 1.17 bits per heavy atom. The number of ether oxygens (including phenoxy) is 1. The molecule has 158 valence electrons. The smallest absolute Gasteiger partial charge is 0.171 e. The van der Waals surface area contributed by atoms with E-state index in [4.69, 9.17) is 9.57 Å². The molecule has 5 rings (SSSR count). The second-order valence-electron chi connectivity index (χ2n) is 8.80. The van der Waals surface area contributed by atoms with Crippen LogP contribution >= 0.6 is 0 Å². The number of amidine groups is 1. The van der Waals surface area contributed by atoms with Crippen molar-refractivity contribution in [2.75, 3.05) is 20.2 Å². The van der Waals surface area contributed by atoms with Crippen molar-refractivity contribution in [3.8, 4) is 11.4 Å². The van der Waals surface area contributed by atoms with E-state index in [9.17, 15) is 0 Å². The molecule has 30 heavy (non-hydrogen) atoms. The first kappa shape index (κ1) is 19.2. The Hall–Kier alpha value is -2.76. The summed E-state index contributed by atoms with van der Waals surface area (Å²) >= 11 is 0. The fraction of sp³-hybridized carbons (Fsp3) is 0.500. The number of imidazole rings is 1. The van der Waals surface area contributed by atoms with Crippen LogP contribution in [0.1, 0.15) is 56.2 Å². The third-order valence-electron chi connectivity index (χ3n) is 6.56. The van der Waals surface area contributed by atoms with Crippen LogP contribution in [0.4, 0.5) is 0 Å². The molecule has 3 aliphatic rings. The minimum Gasteiger partial charge on any atom is -0.495 e. The fourth-order valence-corrected chi connectivity index (χ4v) is 5.00. The van der Waals surface area contributed by atoms with E-state index >= 15 is 0 Å². The first-order valence-corrected chi connectivity index (χ1v) is 11.1. The van der Waals surface area contributed by atoms with Gasteiger partial charge in [-0.25, -0.2) is 4.98 Å². The predicted molar refractivity (Wildman–Crippen MR) is 118 cm³/mol. The Morgan fingerprint density at radius 3 is 2.80 bits per heavy atom. The van der Waals surface area contributed by atoms with Crippen molar-refractivity contribution < 1.29 is 9.57 Å². The summed E-state index contributed by atoms with van der Waals surface area (Å²) < 4.78 is 7.67. The van der Waals surface area contributed by atoms with Gasteiger partial charge < -0.3 is 19.0 Å². The predicted octanol–water partition coefficient (Wildman–Crippen LogP) is 4.72. The van der Waals surface area contributed by atoms with Crippen LogP contribution in [-0.4, -0.2) is 46.1 Å². The summed E-state index contributed by atoms with van der Waals surface area (Å²) in [5, 5.41) is 4.65. The molecule has 1 saturated carbocycles. The minimum absolute atomic E-state index is 0.0575. The lowest BCUT2D eigenvalue weighted by Crippen LogP contribution is -2.53. The molecule has 1 saturated heterocycles. The number of hydrogen-bond acceptors (Lipinski definition) is 5.